The highest BCUT2D eigenvalue weighted by atomic mass is 32.2. The second-order valence-corrected chi connectivity index (χ2v) is 6.35. The molecule has 126 valence electrons. The van der Waals surface area contributed by atoms with Crippen molar-refractivity contribution in [2.75, 3.05) is 45.8 Å². The van der Waals surface area contributed by atoms with E-state index in [0.29, 0.717) is 26.3 Å². The first-order valence-corrected chi connectivity index (χ1v) is 8.61. The van der Waals surface area contributed by atoms with Crippen LogP contribution in [0.4, 0.5) is 4.79 Å². The molecule has 1 heterocycles. The van der Waals surface area contributed by atoms with Crippen LogP contribution in [0.5, 0.6) is 0 Å². The van der Waals surface area contributed by atoms with Gasteiger partial charge in [-0.15, -0.1) is 5.10 Å². The van der Waals surface area contributed by atoms with E-state index in [1.54, 1.807) is 6.92 Å². The lowest BCUT2D eigenvalue weighted by atomic mass is 10.5. The Labute approximate surface area is 130 Å². The quantitative estimate of drug-likeness (QED) is 0.587. The van der Waals surface area contributed by atoms with Crippen molar-refractivity contribution >= 4 is 15.9 Å². The van der Waals surface area contributed by atoms with E-state index in [1.165, 1.54) is 12.0 Å². The Morgan fingerprint density at radius 1 is 1.36 bits per heavy atom. The van der Waals surface area contributed by atoms with Crippen molar-refractivity contribution in [3.8, 4) is 0 Å². The maximum Gasteiger partial charge on any atom is 0.346 e. The molecule has 0 aliphatic carbocycles. The first-order valence-electron chi connectivity index (χ1n) is 6.96. The third-order valence-electron chi connectivity index (χ3n) is 2.86. The highest BCUT2D eigenvalue weighted by Crippen LogP contribution is 2.05. The summed E-state index contributed by atoms with van der Waals surface area (Å²) in [6, 6.07) is -0.446. The van der Waals surface area contributed by atoms with E-state index < -0.39 is 15.9 Å². The summed E-state index contributed by atoms with van der Waals surface area (Å²) in [5.41, 5.74) is 0. The lowest BCUT2D eigenvalue weighted by Gasteiger charge is -2.19. The predicted molar refractivity (Wildman–Crippen MR) is 78.5 cm³/mol. The standard InChI is InChI=1S/C12H22N4O5S/c1-4-15(6-7-20-3)12(17)16-10-13-11(14-16)22(18,19)9-8-21-5-2/h10H,4-9H2,1-3H3. The van der Waals surface area contributed by atoms with Crippen molar-refractivity contribution in [2.24, 2.45) is 0 Å². The summed E-state index contributed by atoms with van der Waals surface area (Å²) in [5, 5.41) is 3.40. The van der Waals surface area contributed by atoms with Gasteiger partial charge in [0.25, 0.3) is 5.16 Å². The zero-order valence-corrected chi connectivity index (χ0v) is 13.9. The van der Waals surface area contributed by atoms with Gasteiger partial charge in [0.1, 0.15) is 6.33 Å². The van der Waals surface area contributed by atoms with Crippen LogP contribution < -0.4 is 0 Å². The van der Waals surface area contributed by atoms with Crippen LogP contribution in [0.25, 0.3) is 0 Å². The van der Waals surface area contributed by atoms with E-state index in [4.69, 9.17) is 9.47 Å². The maximum absolute atomic E-state index is 12.2. The molecule has 0 atom stereocenters. The second-order valence-electron chi connectivity index (χ2n) is 4.34. The fourth-order valence-electron chi connectivity index (χ4n) is 1.62. The zero-order valence-electron chi connectivity index (χ0n) is 13.1. The third-order valence-corrected chi connectivity index (χ3v) is 4.31. The van der Waals surface area contributed by atoms with Gasteiger partial charge >= 0.3 is 6.03 Å². The van der Waals surface area contributed by atoms with E-state index in [1.807, 2.05) is 6.92 Å². The lowest BCUT2D eigenvalue weighted by molar-refractivity contribution is 0.150. The first kappa shape index (κ1) is 18.5. The molecule has 0 fully saturated rings. The van der Waals surface area contributed by atoms with Crippen molar-refractivity contribution in [1.82, 2.24) is 19.7 Å². The molecule has 0 aliphatic rings. The molecule has 0 aliphatic heterocycles. The van der Waals surface area contributed by atoms with E-state index >= 15 is 0 Å². The van der Waals surface area contributed by atoms with Crippen molar-refractivity contribution in [3.05, 3.63) is 6.33 Å². The number of aromatic nitrogens is 3. The van der Waals surface area contributed by atoms with Gasteiger partial charge < -0.3 is 14.4 Å². The van der Waals surface area contributed by atoms with Crippen molar-refractivity contribution in [3.63, 3.8) is 0 Å². The number of amides is 1. The molecule has 0 saturated carbocycles. The van der Waals surface area contributed by atoms with Gasteiger partial charge in [-0.1, -0.05) is 0 Å². The van der Waals surface area contributed by atoms with Crippen molar-refractivity contribution in [2.45, 2.75) is 19.0 Å². The SMILES string of the molecule is CCOCCS(=O)(=O)c1ncn(C(=O)N(CC)CCOC)n1. The number of hydrogen-bond donors (Lipinski definition) is 0. The molecule has 1 rings (SSSR count). The van der Waals surface area contributed by atoms with Gasteiger partial charge in [-0.25, -0.2) is 18.2 Å². The van der Waals surface area contributed by atoms with Crippen molar-refractivity contribution < 1.29 is 22.7 Å². The van der Waals surface area contributed by atoms with Gasteiger partial charge in [0.15, 0.2) is 0 Å². The number of sulfone groups is 1. The van der Waals surface area contributed by atoms with Gasteiger partial charge in [0.05, 0.1) is 19.0 Å². The number of rotatable bonds is 9. The lowest BCUT2D eigenvalue weighted by Crippen LogP contribution is -2.37. The predicted octanol–water partition coefficient (Wildman–Crippen LogP) is 0.0247. The average molecular weight is 334 g/mol. The van der Waals surface area contributed by atoms with Crippen LogP contribution >= 0.6 is 0 Å². The number of hydrogen-bond acceptors (Lipinski definition) is 7. The number of carbonyl (C=O) groups excluding carboxylic acids is 1. The largest absolute Gasteiger partial charge is 0.383 e. The summed E-state index contributed by atoms with van der Waals surface area (Å²) in [7, 11) is -2.12. The monoisotopic (exact) mass is 334 g/mol. The molecule has 0 unspecified atom stereocenters. The Bertz CT molecular complexity index is 572. The molecule has 0 N–H and O–H groups in total. The normalized spacial score (nSPS) is 11.6. The molecule has 0 spiro atoms. The molecule has 0 radical (unpaired) electrons. The number of ether oxygens (including phenoxy) is 2. The molecule has 0 aromatic carbocycles. The van der Waals surface area contributed by atoms with Crippen LogP contribution in [-0.4, -0.2) is 79.9 Å². The molecule has 1 aromatic heterocycles. The molecule has 22 heavy (non-hydrogen) atoms. The van der Waals surface area contributed by atoms with Gasteiger partial charge in [-0.2, -0.15) is 4.68 Å². The molecular weight excluding hydrogens is 312 g/mol. The van der Waals surface area contributed by atoms with Gasteiger partial charge in [0, 0.05) is 26.8 Å². The number of likely N-dealkylation sites (N-methyl/N-ethyl adjacent to an activating group) is 1. The van der Waals surface area contributed by atoms with Gasteiger partial charge in [-0.3, -0.25) is 0 Å². The van der Waals surface area contributed by atoms with Crippen LogP contribution in [0.2, 0.25) is 0 Å². The van der Waals surface area contributed by atoms with Crippen LogP contribution in [0.1, 0.15) is 13.8 Å². The molecule has 1 amide bonds. The summed E-state index contributed by atoms with van der Waals surface area (Å²) in [5.74, 6) is -0.222. The Morgan fingerprint density at radius 3 is 2.68 bits per heavy atom. The highest BCUT2D eigenvalue weighted by molar-refractivity contribution is 7.91. The summed E-state index contributed by atoms with van der Waals surface area (Å²) in [6.07, 6.45) is 1.10. The molecular formula is C12H22N4O5S. The first-order chi connectivity index (χ1) is 10.5. The summed E-state index contributed by atoms with van der Waals surface area (Å²) in [4.78, 5) is 17.4. The highest BCUT2D eigenvalue weighted by Gasteiger charge is 2.22. The molecule has 0 bridgehead atoms. The Morgan fingerprint density at radius 2 is 2.09 bits per heavy atom. The minimum absolute atomic E-state index is 0.0657. The third kappa shape index (κ3) is 5.04. The van der Waals surface area contributed by atoms with Crippen LogP contribution in [0.3, 0.4) is 0 Å². The minimum atomic E-state index is -3.66. The van der Waals surface area contributed by atoms with E-state index in [-0.39, 0.29) is 17.5 Å². The Hall–Kier alpha value is -1.52. The minimum Gasteiger partial charge on any atom is -0.383 e. The van der Waals surface area contributed by atoms with Gasteiger partial charge in [-0.05, 0) is 13.8 Å². The summed E-state index contributed by atoms with van der Waals surface area (Å²) in [6.45, 7) is 5.30. The van der Waals surface area contributed by atoms with E-state index in [2.05, 4.69) is 10.1 Å². The summed E-state index contributed by atoms with van der Waals surface area (Å²) < 4.78 is 34.8. The average Bonchev–Trinajstić information content (AvgIpc) is 2.98. The molecule has 10 heteroatoms. The molecule has 0 saturated heterocycles. The van der Waals surface area contributed by atoms with Crippen LogP contribution in [-0.2, 0) is 19.3 Å². The molecule has 1 aromatic rings. The van der Waals surface area contributed by atoms with Crippen LogP contribution in [0, 0.1) is 0 Å². The van der Waals surface area contributed by atoms with Crippen molar-refractivity contribution in [1.29, 1.82) is 0 Å². The topological polar surface area (TPSA) is 104 Å². The number of carbonyl (C=O) groups is 1. The Kier molecular flexibility index (Phi) is 7.42. The fraction of sp³-hybridized carbons (Fsp3) is 0.750. The van der Waals surface area contributed by atoms with E-state index in [0.717, 1.165) is 11.0 Å². The summed E-state index contributed by atoms with van der Waals surface area (Å²) >= 11 is 0. The number of nitrogens with zero attached hydrogens (tertiary/aromatic N) is 4. The van der Waals surface area contributed by atoms with Gasteiger partial charge in [0.2, 0.25) is 9.84 Å². The Balaban J connectivity index is 2.79. The molecule has 9 nitrogen and oxygen atoms in total. The van der Waals surface area contributed by atoms with E-state index in [9.17, 15) is 13.2 Å². The second kappa shape index (κ2) is 8.81. The smallest absolute Gasteiger partial charge is 0.346 e. The van der Waals surface area contributed by atoms with Crippen LogP contribution in [0.15, 0.2) is 11.5 Å². The fourth-order valence-corrected chi connectivity index (χ4v) is 2.56. The maximum atomic E-state index is 12.2. The number of methoxy groups -OCH3 is 1. The zero-order chi connectivity index (χ0) is 16.6.